The highest BCUT2D eigenvalue weighted by molar-refractivity contribution is 7.99. The number of fused-ring (bicyclic) bond motifs is 2. The summed E-state index contributed by atoms with van der Waals surface area (Å²) in [6.45, 7) is 2.29. The standard InChI is InChI=1S/C29H28Cl2FN5O2S2/c1-16(20-11-17-6-7-18(20)10-17)37-26(13-39-25-5-3-2-4-23(25)32)35-36-29(37)41-15-27(38)34-28-33-24(14-40-28)19-8-9-21(30)22(31)12-19/h2-5,8-9,12,14,16-18,20H,6-7,10-11,13,15H2,1H3,(H,33,34,38)/t16-,17-,18-,20+/m0/s1. The molecule has 12 heteroatoms. The maximum atomic E-state index is 14.2. The lowest BCUT2D eigenvalue weighted by Crippen LogP contribution is -2.25. The highest BCUT2D eigenvalue weighted by Gasteiger charge is 2.43. The van der Waals surface area contributed by atoms with Crippen LogP contribution in [0, 0.1) is 23.6 Å². The van der Waals surface area contributed by atoms with Gasteiger partial charge in [-0.25, -0.2) is 9.37 Å². The number of aromatic nitrogens is 4. The molecule has 2 aliphatic carbocycles. The average Bonchev–Trinajstić information content (AvgIpc) is 3.77. The summed E-state index contributed by atoms with van der Waals surface area (Å²) in [5.74, 6) is 2.30. The van der Waals surface area contributed by atoms with Crippen molar-refractivity contribution in [3.05, 3.63) is 69.5 Å². The minimum Gasteiger partial charge on any atom is -0.483 e. The molecule has 2 aromatic heterocycles. The summed E-state index contributed by atoms with van der Waals surface area (Å²) in [6.07, 6.45) is 5.03. The zero-order valence-electron chi connectivity index (χ0n) is 22.2. The molecular weight excluding hydrogens is 604 g/mol. The number of nitrogens with zero attached hydrogens (tertiary/aromatic N) is 4. The normalized spacial score (nSPS) is 20.3. The fourth-order valence-electron chi connectivity index (χ4n) is 6.10. The summed E-state index contributed by atoms with van der Waals surface area (Å²) >= 11 is 14.8. The Kier molecular flexibility index (Phi) is 8.53. The number of para-hydroxylation sites is 1. The minimum absolute atomic E-state index is 0.0858. The van der Waals surface area contributed by atoms with Gasteiger partial charge in [-0.2, -0.15) is 0 Å². The van der Waals surface area contributed by atoms with Gasteiger partial charge < -0.3 is 10.1 Å². The maximum Gasteiger partial charge on any atom is 0.236 e. The molecule has 214 valence electrons. The van der Waals surface area contributed by atoms with Gasteiger partial charge in [0.25, 0.3) is 0 Å². The van der Waals surface area contributed by atoms with Crippen LogP contribution in [-0.4, -0.2) is 31.4 Å². The molecule has 2 fully saturated rings. The number of nitrogens with one attached hydrogen (secondary N) is 1. The first-order valence-electron chi connectivity index (χ1n) is 13.5. The zero-order chi connectivity index (χ0) is 28.5. The molecule has 0 saturated heterocycles. The van der Waals surface area contributed by atoms with Gasteiger partial charge in [-0.05, 0) is 68.2 Å². The van der Waals surface area contributed by atoms with Gasteiger partial charge in [-0.1, -0.05) is 59.6 Å². The summed E-state index contributed by atoms with van der Waals surface area (Å²) in [6, 6.07) is 11.8. The van der Waals surface area contributed by atoms with Crippen molar-refractivity contribution < 1.29 is 13.9 Å². The Balaban J connectivity index is 1.15. The highest BCUT2D eigenvalue weighted by atomic mass is 35.5. The first-order chi connectivity index (χ1) is 19.9. The van der Waals surface area contributed by atoms with E-state index in [-0.39, 0.29) is 30.1 Å². The minimum atomic E-state index is -0.421. The van der Waals surface area contributed by atoms with Crippen LogP contribution in [0.2, 0.25) is 10.0 Å². The second-order valence-corrected chi connectivity index (χ2v) is 13.2. The van der Waals surface area contributed by atoms with Crippen LogP contribution in [0.5, 0.6) is 5.75 Å². The number of carbonyl (C=O) groups excluding carboxylic acids is 1. The Hall–Kier alpha value is -2.66. The predicted molar refractivity (Wildman–Crippen MR) is 161 cm³/mol. The molecule has 2 aliphatic rings. The Morgan fingerprint density at radius 3 is 2.80 bits per heavy atom. The van der Waals surface area contributed by atoms with Crippen molar-refractivity contribution in [1.82, 2.24) is 19.7 Å². The van der Waals surface area contributed by atoms with Crippen molar-refractivity contribution in [2.75, 3.05) is 11.1 Å². The SMILES string of the molecule is C[C@@H]([C@H]1C[C@H]2CC[C@H]1C2)n1c(COc2ccccc2F)nnc1SCC(=O)Nc1nc(-c2ccc(Cl)c(Cl)c2)cs1. The van der Waals surface area contributed by atoms with Gasteiger partial charge in [0.2, 0.25) is 5.91 Å². The van der Waals surface area contributed by atoms with Gasteiger partial charge in [-0.3, -0.25) is 9.36 Å². The van der Waals surface area contributed by atoms with Crippen molar-refractivity contribution in [3.8, 4) is 17.0 Å². The van der Waals surface area contributed by atoms with E-state index in [2.05, 4.69) is 32.0 Å². The Morgan fingerprint density at radius 2 is 2.05 bits per heavy atom. The lowest BCUT2D eigenvalue weighted by Gasteiger charge is -2.30. The van der Waals surface area contributed by atoms with E-state index < -0.39 is 5.82 Å². The summed E-state index contributed by atoms with van der Waals surface area (Å²) < 4.78 is 22.1. The Morgan fingerprint density at radius 1 is 1.20 bits per heavy atom. The van der Waals surface area contributed by atoms with Crippen molar-refractivity contribution in [2.45, 2.75) is 50.4 Å². The van der Waals surface area contributed by atoms with E-state index in [1.54, 1.807) is 30.3 Å². The molecule has 41 heavy (non-hydrogen) atoms. The molecule has 1 N–H and O–H groups in total. The van der Waals surface area contributed by atoms with E-state index in [1.807, 2.05) is 11.4 Å². The third-order valence-electron chi connectivity index (χ3n) is 8.05. The van der Waals surface area contributed by atoms with E-state index in [1.165, 1.54) is 54.8 Å². The third kappa shape index (κ3) is 6.26. The molecule has 6 rings (SSSR count). The van der Waals surface area contributed by atoms with Crippen LogP contribution in [0.25, 0.3) is 11.3 Å². The van der Waals surface area contributed by atoms with Crippen LogP contribution in [-0.2, 0) is 11.4 Å². The van der Waals surface area contributed by atoms with Crippen LogP contribution in [0.1, 0.15) is 44.5 Å². The molecule has 0 unspecified atom stereocenters. The number of carbonyl (C=O) groups is 1. The quantitative estimate of drug-likeness (QED) is 0.178. The first-order valence-corrected chi connectivity index (χ1v) is 16.1. The molecule has 7 nitrogen and oxygen atoms in total. The molecule has 0 spiro atoms. The van der Waals surface area contributed by atoms with Crippen LogP contribution >= 0.6 is 46.3 Å². The molecule has 2 saturated carbocycles. The predicted octanol–water partition coefficient (Wildman–Crippen LogP) is 8.15. The molecule has 2 heterocycles. The van der Waals surface area contributed by atoms with Gasteiger partial charge in [0.15, 0.2) is 27.7 Å². The van der Waals surface area contributed by atoms with Crippen LogP contribution < -0.4 is 10.1 Å². The number of rotatable bonds is 10. The van der Waals surface area contributed by atoms with Crippen molar-refractivity contribution in [3.63, 3.8) is 0 Å². The van der Waals surface area contributed by atoms with E-state index in [4.69, 9.17) is 27.9 Å². The first kappa shape index (κ1) is 28.5. The van der Waals surface area contributed by atoms with Gasteiger partial charge in [0.1, 0.15) is 6.61 Å². The number of halogens is 3. The lowest BCUT2D eigenvalue weighted by atomic mass is 9.84. The molecule has 0 radical (unpaired) electrons. The fraction of sp³-hybridized carbons (Fsp3) is 0.379. The molecule has 0 aliphatic heterocycles. The second-order valence-electron chi connectivity index (χ2n) is 10.6. The van der Waals surface area contributed by atoms with Crippen molar-refractivity contribution in [2.24, 2.45) is 17.8 Å². The number of amides is 1. The highest BCUT2D eigenvalue weighted by Crippen LogP contribution is 2.52. The average molecular weight is 633 g/mol. The smallest absolute Gasteiger partial charge is 0.236 e. The molecule has 2 aromatic carbocycles. The number of ether oxygens (including phenoxy) is 1. The Labute approximate surface area is 255 Å². The van der Waals surface area contributed by atoms with E-state index in [9.17, 15) is 9.18 Å². The molecule has 4 atom stereocenters. The second kappa shape index (κ2) is 12.3. The van der Waals surface area contributed by atoms with Crippen molar-refractivity contribution in [1.29, 1.82) is 0 Å². The molecule has 2 bridgehead atoms. The van der Waals surface area contributed by atoms with E-state index in [0.717, 1.165) is 11.5 Å². The van der Waals surface area contributed by atoms with Crippen molar-refractivity contribution >= 4 is 57.3 Å². The van der Waals surface area contributed by atoms with Crippen LogP contribution in [0.15, 0.2) is 53.0 Å². The van der Waals surface area contributed by atoms with E-state index >= 15 is 0 Å². The number of thioether (sulfide) groups is 1. The van der Waals surface area contributed by atoms with E-state index in [0.29, 0.717) is 43.7 Å². The summed E-state index contributed by atoms with van der Waals surface area (Å²) in [4.78, 5) is 17.4. The number of benzene rings is 2. The fourth-order valence-corrected chi connectivity index (χ4v) is 7.97. The van der Waals surface area contributed by atoms with Gasteiger partial charge in [0.05, 0.1) is 21.5 Å². The zero-order valence-corrected chi connectivity index (χ0v) is 25.4. The topological polar surface area (TPSA) is 81.9 Å². The molecule has 1 amide bonds. The molecular formula is C29H28Cl2FN5O2S2. The van der Waals surface area contributed by atoms with Gasteiger partial charge in [-0.15, -0.1) is 21.5 Å². The summed E-state index contributed by atoms with van der Waals surface area (Å²) in [5, 5.41) is 15.6. The summed E-state index contributed by atoms with van der Waals surface area (Å²) in [7, 11) is 0. The van der Waals surface area contributed by atoms with Gasteiger partial charge >= 0.3 is 0 Å². The monoisotopic (exact) mass is 631 g/mol. The lowest BCUT2D eigenvalue weighted by molar-refractivity contribution is -0.113. The molecule has 4 aromatic rings. The largest absolute Gasteiger partial charge is 0.483 e. The number of anilines is 1. The Bertz CT molecular complexity index is 1560. The van der Waals surface area contributed by atoms with Gasteiger partial charge in [0, 0.05) is 17.0 Å². The number of hydrogen-bond donors (Lipinski definition) is 1. The summed E-state index contributed by atoms with van der Waals surface area (Å²) in [5.41, 5.74) is 1.52. The number of thiazole rings is 1. The van der Waals surface area contributed by atoms with Crippen LogP contribution in [0.4, 0.5) is 9.52 Å². The maximum absolute atomic E-state index is 14.2. The number of hydrogen-bond acceptors (Lipinski definition) is 7. The third-order valence-corrected chi connectivity index (χ3v) is 10.5. The van der Waals surface area contributed by atoms with Crippen LogP contribution in [0.3, 0.4) is 0 Å².